The molecule has 1 saturated heterocycles. The van der Waals surface area contributed by atoms with Crippen LogP contribution in [0.3, 0.4) is 0 Å². The van der Waals surface area contributed by atoms with Crippen molar-refractivity contribution in [1.29, 1.82) is 0 Å². The van der Waals surface area contributed by atoms with Crippen LogP contribution in [-0.2, 0) is 4.74 Å². The van der Waals surface area contributed by atoms with Gasteiger partial charge in [-0.15, -0.1) is 11.8 Å². The van der Waals surface area contributed by atoms with Crippen molar-refractivity contribution in [1.82, 2.24) is 5.06 Å². The van der Waals surface area contributed by atoms with Crippen LogP contribution in [0.25, 0.3) is 0 Å². The molecule has 4 rings (SSSR count). The highest BCUT2D eigenvalue weighted by molar-refractivity contribution is 7.99. The van der Waals surface area contributed by atoms with Crippen molar-refractivity contribution in [2.75, 3.05) is 52.7 Å². The largest absolute Gasteiger partial charge is 0.506 e. The van der Waals surface area contributed by atoms with Crippen LogP contribution in [0.15, 0.2) is 53.4 Å². The second kappa shape index (κ2) is 16.4. The number of rotatable bonds is 15. The number of amides is 2. The molecule has 45 heavy (non-hydrogen) atoms. The first-order chi connectivity index (χ1) is 21.8. The van der Waals surface area contributed by atoms with Crippen molar-refractivity contribution in [2.24, 2.45) is 0 Å². The maximum atomic E-state index is 12.3. The van der Waals surface area contributed by atoms with E-state index in [4.69, 9.17) is 28.4 Å². The molecule has 2 amide bonds. The van der Waals surface area contributed by atoms with Gasteiger partial charge in [0.2, 0.25) is 5.75 Å². The molecule has 12 heteroatoms. The lowest BCUT2D eigenvalue weighted by Crippen LogP contribution is -2.32. The molecule has 1 aliphatic rings. The number of aromatic hydroxyl groups is 1. The van der Waals surface area contributed by atoms with E-state index >= 15 is 0 Å². The second-order valence-corrected chi connectivity index (χ2v) is 11.5. The molecule has 0 bridgehead atoms. The van der Waals surface area contributed by atoms with Gasteiger partial charge in [0.05, 0.1) is 59.5 Å². The smallest absolute Gasteiger partial charge is 0.345 e. The van der Waals surface area contributed by atoms with Crippen LogP contribution < -0.4 is 29.0 Å². The summed E-state index contributed by atoms with van der Waals surface area (Å²) in [6.07, 6.45) is 2.70. The third-order valence-corrected chi connectivity index (χ3v) is 8.38. The van der Waals surface area contributed by atoms with E-state index in [-0.39, 0.29) is 30.2 Å². The van der Waals surface area contributed by atoms with Crippen molar-refractivity contribution in [3.63, 3.8) is 0 Å². The number of thioether (sulfide) groups is 1. The van der Waals surface area contributed by atoms with Crippen molar-refractivity contribution in [3.8, 4) is 34.5 Å². The summed E-state index contributed by atoms with van der Waals surface area (Å²) in [5, 5.41) is 23.3. The van der Waals surface area contributed by atoms with Gasteiger partial charge in [0.1, 0.15) is 5.75 Å². The molecule has 3 aromatic carbocycles. The van der Waals surface area contributed by atoms with Gasteiger partial charge in [-0.2, -0.15) is 0 Å². The number of hydroxylamine groups is 2. The summed E-state index contributed by atoms with van der Waals surface area (Å²) in [5.41, 5.74) is 2.06. The third-order valence-electron chi connectivity index (χ3n) is 7.42. The average Bonchev–Trinajstić information content (AvgIpc) is 3.56. The fraction of sp³-hybridized carbons (Fsp3) is 0.424. The number of hydrogen-bond donors (Lipinski definition) is 3. The minimum Gasteiger partial charge on any atom is -0.506 e. The molecule has 0 radical (unpaired) electrons. The summed E-state index contributed by atoms with van der Waals surface area (Å²) >= 11 is 1.50. The number of nitrogens with zero attached hydrogens (tertiary/aromatic N) is 1. The topological polar surface area (TPSA) is 128 Å². The molecule has 1 aliphatic heterocycles. The number of carbonyl (C=O) groups is 1. The monoisotopic (exact) mass is 642 g/mol. The molecule has 2 unspecified atom stereocenters. The standard InChI is InChI=1S/C33H42N2O9S/c1-6-7-15-35(38)33(37)34-24-20-22(11-12-25(24)36)45-17-16-43-31-23(9-8-10-28(31)39-2)27-14-13-26(44-27)21-18-29(40-3)32(42-5)30(19-21)41-4/h8-12,18-20,26-27,36,38H,6-7,13-17H2,1-5H3,(H,34,37). The Bertz CT molecular complexity index is 1410. The number of para-hydroxylation sites is 1. The zero-order chi connectivity index (χ0) is 32.3. The van der Waals surface area contributed by atoms with E-state index in [1.807, 2.05) is 37.3 Å². The Balaban J connectivity index is 1.41. The number of benzene rings is 3. The lowest BCUT2D eigenvalue weighted by Gasteiger charge is -2.21. The molecule has 0 aromatic heterocycles. The number of urea groups is 1. The van der Waals surface area contributed by atoms with Crippen LogP contribution >= 0.6 is 11.8 Å². The normalized spacial score (nSPS) is 15.8. The van der Waals surface area contributed by atoms with Crippen LogP contribution in [0.1, 0.15) is 55.9 Å². The van der Waals surface area contributed by atoms with E-state index in [0.29, 0.717) is 52.6 Å². The van der Waals surface area contributed by atoms with Gasteiger partial charge in [-0.1, -0.05) is 25.5 Å². The summed E-state index contributed by atoms with van der Waals surface area (Å²) < 4.78 is 35.0. The van der Waals surface area contributed by atoms with E-state index in [1.54, 1.807) is 40.6 Å². The van der Waals surface area contributed by atoms with Crippen LogP contribution in [0.5, 0.6) is 34.5 Å². The highest BCUT2D eigenvalue weighted by atomic mass is 32.2. The van der Waals surface area contributed by atoms with Crippen molar-refractivity contribution in [2.45, 2.75) is 49.7 Å². The molecule has 1 heterocycles. The third kappa shape index (κ3) is 8.38. The molecule has 0 aliphatic carbocycles. The van der Waals surface area contributed by atoms with Gasteiger partial charge >= 0.3 is 6.03 Å². The summed E-state index contributed by atoms with van der Waals surface area (Å²) in [6, 6.07) is 13.8. The Morgan fingerprint density at radius 1 is 0.956 bits per heavy atom. The molecular weight excluding hydrogens is 600 g/mol. The van der Waals surface area contributed by atoms with Crippen LogP contribution in [-0.4, -0.2) is 68.8 Å². The summed E-state index contributed by atoms with van der Waals surface area (Å²) in [6.45, 7) is 2.54. The first kappa shape index (κ1) is 33.9. The highest BCUT2D eigenvalue weighted by Crippen LogP contribution is 2.48. The van der Waals surface area contributed by atoms with Crippen LogP contribution in [0.2, 0.25) is 0 Å². The zero-order valence-electron chi connectivity index (χ0n) is 26.3. The minimum atomic E-state index is -0.699. The summed E-state index contributed by atoms with van der Waals surface area (Å²) in [4.78, 5) is 13.1. The molecule has 244 valence electrons. The van der Waals surface area contributed by atoms with Gasteiger partial charge in [-0.05, 0) is 61.2 Å². The van der Waals surface area contributed by atoms with Crippen molar-refractivity contribution >= 4 is 23.5 Å². The molecule has 11 nitrogen and oxygen atoms in total. The molecule has 0 spiro atoms. The maximum Gasteiger partial charge on any atom is 0.345 e. The number of methoxy groups -OCH3 is 4. The van der Waals surface area contributed by atoms with Crippen molar-refractivity contribution < 1.29 is 43.5 Å². The Labute approximate surface area is 268 Å². The van der Waals surface area contributed by atoms with Gasteiger partial charge in [0.25, 0.3) is 0 Å². The quantitative estimate of drug-likeness (QED) is 0.0514. The van der Waals surface area contributed by atoms with Crippen molar-refractivity contribution in [3.05, 3.63) is 59.7 Å². The van der Waals surface area contributed by atoms with E-state index in [0.717, 1.165) is 35.3 Å². The Hall–Kier alpha value is -4.00. The predicted molar refractivity (Wildman–Crippen MR) is 172 cm³/mol. The number of unbranched alkanes of at least 4 members (excludes halogenated alkanes) is 1. The van der Waals surface area contributed by atoms with E-state index < -0.39 is 6.03 Å². The second-order valence-electron chi connectivity index (χ2n) is 10.3. The zero-order valence-corrected chi connectivity index (χ0v) is 27.1. The minimum absolute atomic E-state index is 0.0899. The van der Waals surface area contributed by atoms with Crippen LogP contribution in [0, 0.1) is 0 Å². The molecule has 3 N–H and O–H groups in total. The van der Waals surface area contributed by atoms with E-state index in [1.165, 1.54) is 17.8 Å². The Morgan fingerprint density at radius 3 is 2.33 bits per heavy atom. The Kier molecular flexibility index (Phi) is 12.3. The predicted octanol–water partition coefficient (Wildman–Crippen LogP) is 7.21. The number of hydrogen-bond acceptors (Lipinski definition) is 10. The first-order valence-corrected chi connectivity index (χ1v) is 15.8. The number of ether oxygens (including phenoxy) is 6. The number of carbonyl (C=O) groups excluding carboxylic acids is 1. The van der Waals surface area contributed by atoms with Gasteiger partial charge in [-0.3, -0.25) is 5.21 Å². The maximum absolute atomic E-state index is 12.3. The lowest BCUT2D eigenvalue weighted by atomic mass is 10.0. The van der Waals surface area contributed by atoms with Gasteiger partial charge < -0.3 is 38.8 Å². The van der Waals surface area contributed by atoms with Gasteiger partial charge in [0.15, 0.2) is 23.0 Å². The average molecular weight is 643 g/mol. The van der Waals surface area contributed by atoms with E-state index in [9.17, 15) is 15.1 Å². The molecular formula is C33H42N2O9S. The Morgan fingerprint density at radius 2 is 1.67 bits per heavy atom. The number of phenolic OH excluding ortho intramolecular Hbond substituents is 1. The first-order valence-electron chi connectivity index (χ1n) is 14.8. The number of anilines is 1. The fourth-order valence-corrected chi connectivity index (χ4v) is 5.87. The highest BCUT2D eigenvalue weighted by Gasteiger charge is 2.32. The molecule has 3 aromatic rings. The van der Waals surface area contributed by atoms with E-state index in [2.05, 4.69) is 5.32 Å². The molecule has 2 atom stereocenters. The molecule has 1 fully saturated rings. The summed E-state index contributed by atoms with van der Waals surface area (Å²) in [7, 11) is 6.37. The number of phenols is 1. The fourth-order valence-electron chi connectivity index (χ4n) is 5.10. The molecule has 0 saturated carbocycles. The summed E-state index contributed by atoms with van der Waals surface area (Å²) in [5.74, 6) is 3.42. The van der Waals surface area contributed by atoms with Crippen LogP contribution in [0.4, 0.5) is 10.5 Å². The lowest BCUT2D eigenvalue weighted by molar-refractivity contribution is -0.0379. The van der Waals surface area contributed by atoms with Gasteiger partial charge in [-0.25, -0.2) is 9.86 Å². The number of nitrogens with one attached hydrogen (secondary N) is 1. The van der Waals surface area contributed by atoms with Gasteiger partial charge in [0, 0.05) is 16.2 Å². The SMILES string of the molecule is CCCCN(O)C(=O)Nc1cc(SCCOc2c(OC)cccc2C2CCC(c3cc(OC)c(OC)c(OC)c3)O2)ccc1O.